The van der Waals surface area contributed by atoms with Crippen LogP contribution in [0.15, 0.2) is 40.9 Å². The first-order chi connectivity index (χ1) is 10.7. The summed E-state index contributed by atoms with van der Waals surface area (Å²) in [6, 6.07) is 11.2. The van der Waals surface area contributed by atoms with Gasteiger partial charge >= 0.3 is 0 Å². The van der Waals surface area contributed by atoms with Gasteiger partial charge in [-0.15, -0.1) is 0 Å². The molecule has 0 saturated carbocycles. The molecule has 0 N–H and O–H groups in total. The van der Waals surface area contributed by atoms with Crippen molar-refractivity contribution in [3.63, 3.8) is 0 Å². The normalized spacial score (nSPS) is 10.7. The van der Waals surface area contributed by atoms with Crippen molar-refractivity contribution in [1.29, 1.82) is 0 Å². The Kier molecular flexibility index (Phi) is 4.06. The smallest absolute Gasteiger partial charge is 0.226 e. The summed E-state index contributed by atoms with van der Waals surface area (Å²) in [4.78, 5) is 8.82. The number of halogens is 1. The molecule has 0 aliphatic rings. The predicted octanol–water partition coefficient (Wildman–Crippen LogP) is 4.02. The molecule has 3 aromatic rings. The van der Waals surface area contributed by atoms with Gasteiger partial charge in [-0.25, -0.2) is 4.98 Å². The number of hydrogen-bond donors (Lipinski definition) is 0. The predicted molar refractivity (Wildman–Crippen MR) is 83.9 cm³/mol. The van der Waals surface area contributed by atoms with Gasteiger partial charge in [0.2, 0.25) is 17.6 Å². The summed E-state index contributed by atoms with van der Waals surface area (Å²) in [5, 5.41) is 4.64. The van der Waals surface area contributed by atoms with Crippen molar-refractivity contribution < 1.29 is 9.26 Å². The van der Waals surface area contributed by atoms with E-state index in [-0.39, 0.29) is 0 Å². The number of ether oxygens (including phenoxy) is 1. The Balaban J connectivity index is 2.01. The fourth-order valence-corrected chi connectivity index (χ4v) is 2.18. The van der Waals surface area contributed by atoms with Crippen LogP contribution in [-0.4, -0.2) is 22.2 Å². The molecule has 0 atom stereocenters. The first kappa shape index (κ1) is 14.5. The molecule has 5 nitrogen and oxygen atoms in total. The Morgan fingerprint density at radius 3 is 2.50 bits per heavy atom. The highest BCUT2D eigenvalue weighted by Gasteiger charge is 2.15. The molecule has 0 saturated heterocycles. The third-order valence-corrected chi connectivity index (χ3v) is 3.46. The lowest BCUT2D eigenvalue weighted by Gasteiger charge is -2.07. The van der Waals surface area contributed by atoms with E-state index in [1.807, 2.05) is 43.3 Å². The molecule has 3 rings (SSSR count). The van der Waals surface area contributed by atoms with Gasteiger partial charge in [0.25, 0.3) is 0 Å². The highest BCUT2D eigenvalue weighted by atomic mass is 35.5. The van der Waals surface area contributed by atoms with Crippen molar-refractivity contribution in [2.75, 3.05) is 7.11 Å². The van der Waals surface area contributed by atoms with E-state index in [9.17, 15) is 0 Å². The van der Waals surface area contributed by atoms with E-state index in [1.165, 1.54) is 0 Å². The van der Waals surface area contributed by atoms with Crippen molar-refractivity contribution >= 4 is 11.6 Å². The summed E-state index contributed by atoms with van der Waals surface area (Å²) in [7, 11) is 1.57. The maximum absolute atomic E-state index is 5.91. The highest BCUT2D eigenvalue weighted by Crippen LogP contribution is 2.29. The molecule has 0 bridgehead atoms. The van der Waals surface area contributed by atoms with Gasteiger partial charge in [-0.3, -0.25) is 0 Å². The summed E-state index contributed by atoms with van der Waals surface area (Å²) in [5.41, 5.74) is 2.44. The van der Waals surface area contributed by atoms with Crippen LogP contribution in [0.5, 0.6) is 5.88 Å². The van der Waals surface area contributed by atoms with Crippen LogP contribution in [0.25, 0.3) is 22.6 Å². The quantitative estimate of drug-likeness (QED) is 0.727. The minimum Gasteiger partial charge on any atom is -0.480 e. The van der Waals surface area contributed by atoms with Crippen LogP contribution in [0.4, 0.5) is 0 Å². The second-order valence-corrected chi connectivity index (χ2v) is 5.06. The summed E-state index contributed by atoms with van der Waals surface area (Å²) in [5.74, 6) is 1.51. The molecular weight excluding hydrogens is 302 g/mol. The van der Waals surface area contributed by atoms with Gasteiger partial charge in [0, 0.05) is 17.0 Å². The van der Waals surface area contributed by atoms with E-state index in [0.717, 1.165) is 11.3 Å². The topological polar surface area (TPSA) is 61.0 Å². The Morgan fingerprint density at radius 1 is 1.09 bits per heavy atom. The lowest BCUT2D eigenvalue weighted by atomic mass is 10.1. The number of aromatic nitrogens is 3. The third-order valence-electron chi connectivity index (χ3n) is 3.21. The Labute approximate surface area is 132 Å². The van der Waals surface area contributed by atoms with Crippen LogP contribution in [0.2, 0.25) is 5.02 Å². The molecule has 0 aliphatic heterocycles. The second kappa shape index (κ2) is 6.15. The van der Waals surface area contributed by atoms with Crippen LogP contribution in [0, 0.1) is 0 Å². The maximum atomic E-state index is 5.91. The number of rotatable bonds is 4. The zero-order chi connectivity index (χ0) is 15.5. The summed E-state index contributed by atoms with van der Waals surface area (Å²) < 4.78 is 10.5. The summed E-state index contributed by atoms with van der Waals surface area (Å²) in [6.07, 6.45) is 0.686. The van der Waals surface area contributed by atoms with E-state index in [2.05, 4.69) is 15.1 Å². The van der Waals surface area contributed by atoms with Crippen molar-refractivity contribution in [3.8, 4) is 28.5 Å². The highest BCUT2D eigenvalue weighted by molar-refractivity contribution is 6.30. The zero-order valence-corrected chi connectivity index (χ0v) is 13.0. The average molecular weight is 316 g/mol. The molecule has 0 unspecified atom stereocenters. The molecule has 0 radical (unpaired) electrons. The van der Waals surface area contributed by atoms with Gasteiger partial charge in [0.1, 0.15) is 0 Å². The number of aryl methyl sites for hydroxylation is 1. The molecule has 0 fully saturated rings. The zero-order valence-electron chi connectivity index (χ0n) is 12.2. The molecule has 2 aromatic heterocycles. The van der Waals surface area contributed by atoms with Gasteiger partial charge in [-0.2, -0.15) is 4.98 Å². The van der Waals surface area contributed by atoms with Crippen LogP contribution in [0.1, 0.15) is 12.8 Å². The summed E-state index contributed by atoms with van der Waals surface area (Å²) in [6.45, 7) is 1.95. The van der Waals surface area contributed by atoms with Gasteiger partial charge in [-0.05, 0) is 24.3 Å². The van der Waals surface area contributed by atoms with E-state index < -0.39 is 0 Å². The van der Waals surface area contributed by atoms with Gasteiger partial charge < -0.3 is 9.26 Å². The Bertz CT molecular complexity index is 784. The second-order valence-electron chi connectivity index (χ2n) is 4.63. The average Bonchev–Trinajstić information content (AvgIpc) is 3.04. The SMILES string of the molecule is CCc1nc(-c2ccc(-c3ccc(Cl)cc3)nc2OC)no1. The van der Waals surface area contributed by atoms with Gasteiger partial charge in [-0.1, -0.05) is 35.8 Å². The summed E-state index contributed by atoms with van der Waals surface area (Å²) >= 11 is 5.91. The molecule has 0 amide bonds. The van der Waals surface area contributed by atoms with E-state index in [4.69, 9.17) is 20.9 Å². The van der Waals surface area contributed by atoms with Gasteiger partial charge in [0.05, 0.1) is 18.4 Å². The standard InChI is InChI=1S/C16H14ClN3O2/c1-3-14-19-15(20-22-14)12-8-9-13(18-16(12)21-2)10-4-6-11(17)7-5-10/h4-9H,3H2,1-2H3. The lowest BCUT2D eigenvalue weighted by molar-refractivity contribution is 0.381. The molecule has 2 heterocycles. The number of pyridine rings is 1. The number of nitrogens with zero attached hydrogens (tertiary/aromatic N) is 3. The van der Waals surface area contributed by atoms with Crippen molar-refractivity contribution in [3.05, 3.63) is 47.3 Å². The largest absolute Gasteiger partial charge is 0.480 e. The Morgan fingerprint density at radius 2 is 1.86 bits per heavy atom. The monoisotopic (exact) mass is 315 g/mol. The number of methoxy groups -OCH3 is 1. The van der Waals surface area contributed by atoms with Crippen LogP contribution in [0.3, 0.4) is 0 Å². The van der Waals surface area contributed by atoms with Crippen LogP contribution in [-0.2, 0) is 6.42 Å². The first-order valence-corrected chi connectivity index (χ1v) is 7.23. The molecule has 6 heteroatoms. The lowest BCUT2D eigenvalue weighted by Crippen LogP contribution is -1.95. The molecule has 1 aromatic carbocycles. The number of benzene rings is 1. The Hall–Kier alpha value is -2.40. The van der Waals surface area contributed by atoms with E-state index in [1.54, 1.807) is 7.11 Å². The van der Waals surface area contributed by atoms with Crippen molar-refractivity contribution in [1.82, 2.24) is 15.1 Å². The van der Waals surface area contributed by atoms with Gasteiger partial charge in [0.15, 0.2) is 0 Å². The maximum Gasteiger partial charge on any atom is 0.226 e. The molecule has 0 spiro atoms. The fourth-order valence-electron chi connectivity index (χ4n) is 2.06. The van der Waals surface area contributed by atoms with Crippen molar-refractivity contribution in [2.24, 2.45) is 0 Å². The first-order valence-electron chi connectivity index (χ1n) is 6.85. The number of hydrogen-bond acceptors (Lipinski definition) is 5. The van der Waals surface area contributed by atoms with E-state index in [0.29, 0.717) is 34.6 Å². The van der Waals surface area contributed by atoms with E-state index >= 15 is 0 Å². The van der Waals surface area contributed by atoms with Crippen molar-refractivity contribution in [2.45, 2.75) is 13.3 Å². The molecule has 112 valence electrons. The minimum atomic E-state index is 0.455. The van der Waals surface area contributed by atoms with Crippen LogP contribution >= 0.6 is 11.6 Å². The fraction of sp³-hybridized carbons (Fsp3) is 0.188. The molecular formula is C16H14ClN3O2. The minimum absolute atomic E-state index is 0.455. The molecule has 22 heavy (non-hydrogen) atoms. The molecule has 0 aliphatic carbocycles. The third kappa shape index (κ3) is 2.80. The van der Waals surface area contributed by atoms with Crippen LogP contribution < -0.4 is 4.74 Å².